The SMILES string of the molecule is CNC(C1CC1c1ccccc1)C1(OC)CCCCCC1. The lowest BCUT2D eigenvalue weighted by Crippen LogP contribution is -2.52. The number of nitrogens with one attached hydrogen (secondary N) is 1. The van der Waals surface area contributed by atoms with E-state index in [-0.39, 0.29) is 5.60 Å². The van der Waals surface area contributed by atoms with Crippen LogP contribution in [0.2, 0.25) is 0 Å². The fraction of sp³-hybridized carbons (Fsp3) is 0.684. The van der Waals surface area contributed by atoms with Crippen LogP contribution in [0.1, 0.15) is 56.4 Å². The second kappa shape index (κ2) is 6.50. The fourth-order valence-electron chi connectivity index (χ4n) is 4.50. The summed E-state index contributed by atoms with van der Waals surface area (Å²) in [5, 5.41) is 3.63. The minimum Gasteiger partial charge on any atom is -0.377 e. The Morgan fingerprint density at radius 2 is 1.76 bits per heavy atom. The lowest BCUT2D eigenvalue weighted by molar-refractivity contribution is -0.0571. The van der Waals surface area contributed by atoms with Gasteiger partial charge in [0, 0.05) is 13.2 Å². The molecule has 2 aliphatic carbocycles. The zero-order valence-corrected chi connectivity index (χ0v) is 13.5. The lowest BCUT2D eigenvalue weighted by Gasteiger charge is -2.40. The number of likely N-dealkylation sites (N-methyl/N-ethyl adjacent to an activating group) is 1. The van der Waals surface area contributed by atoms with Gasteiger partial charge in [0.1, 0.15) is 0 Å². The van der Waals surface area contributed by atoms with Crippen molar-refractivity contribution in [3.63, 3.8) is 0 Å². The van der Waals surface area contributed by atoms with Crippen molar-refractivity contribution >= 4 is 0 Å². The highest BCUT2D eigenvalue weighted by Crippen LogP contribution is 2.53. The van der Waals surface area contributed by atoms with Crippen molar-refractivity contribution in [1.29, 1.82) is 0 Å². The highest BCUT2D eigenvalue weighted by atomic mass is 16.5. The average molecular weight is 287 g/mol. The molecule has 2 fully saturated rings. The molecule has 0 saturated heterocycles. The van der Waals surface area contributed by atoms with E-state index in [4.69, 9.17) is 4.74 Å². The molecule has 2 aliphatic rings. The standard InChI is InChI=1S/C19H29NO/c1-20-18(19(21-2)12-8-3-4-9-13-19)17-14-16(17)15-10-6-5-7-11-15/h5-7,10-11,16-18,20H,3-4,8-9,12-14H2,1-2H3. The third-order valence-corrected chi connectivity index (χ3v) is 5.73. The summed E-state index contributed by atoms with van der Waals surface area (Å²) in [4.78, 5) is 0. The molecule has 3 rings (SSSR count). The van der Waals surface area contributed by atoms with E-state index in [0.717, 1.165) is 11.8 Å². The Labute approximate surface area is 129 Å². The Kier molecular flexibility index (Phi) is 4.66. The van der Waals surface area contributed by atoms with Gasteiger partial charge in [0.05, 0.1) is 5.60 Å². The smallest absolute Gasteiger partial charge is 0.0833 e. The number of hydrogen-bond acceptors (Lipinski definition) is 2. The minimum absolute atomic E-state index is 0.0550. The van der Waals surface area contributed by atoms with Crippen LogP contribution in [0.4, 0.5) is 0 Å². The molecule has 3 atom stereocenters. The van der Waals surface area contributed by atoms with E-state index in [0.29, 0.717) is 6.04 Å². The van der Waals surface area contributed by atoms with Crippen LogP contribution >= 0.6 is 0 Å². The Hall–Kier alpha value is -0.860. The summed E-state index contributed by atoms with van der Waals surface area (Å²) in [6.07, 6.45) is 9.10. The van der Waals surface area contributed by atoms with E-state index in [2.05, 4.69) is 42.7 Å². The average Bonchev–Trinajstić information content (AvgIpc) is 3.33. The van der Waals surface area contributed by atoms with Crippen LogP contribution in [0.25, 0.3) is 0 Å². The summed E-state index contributed by atoms with van der Waals surface area (Å²) in [7, 11) is 4.05. The van der Waals surface area contributed by atoms with E-state index in [1.54, 1.807) is 0 Å². The van der Waals surface area contributed by atoms with Crippen molar-refractivity contribution in [2.24, 2.45) is 5.92 Å². The zero-order chi connectivity index (χ0) is 14.7. The van der Waals surface area contributed by atoms with E-state index in [9.17, 15) is 0 Å². The second-order valence-corrected chi connectivity index (χ2v) is 6.87. The lowest BCUT2D eigenvalue weighted by atomic mass is 9.82. The molecule has 1 aromatic carbocycles. The third-order valence-electron chi connectivity index (χ3n) is 5.73. The largest absolute Gasteiger partial charge is 0.377 e. The number of methoxy groups -OCH3 is 1. The van der Waals surface area contributed by atoms with Gasteiger partial charge in [-0.3, -0.25) is 0 Å². The Balaban J connectivity index is 1.75. The quantitative estimate of drug-likeness (QED) is 0.823. The highest BCUT2D eigenvalue weighted by molar-refractivity contribution is 5.27. The summed E-state index contributed by atoms with van der Waals surface area (Å²) < 4.78 is 6.13. The molecule has 0 heterocycles. The van der Waals surface area contributed by atoms with Crippen LogP contribution in [0.15, 0.2) is 30.3 Å². The second-order valence-electron chi connectivity index (χ2n) is 6.87. The first kappa shape index (κ1) is 15.1. The minimum atomic E-state index is 0.0550. The van der Waals surface area contributed by atoms with Crippen molar-refractivity contribution < 1.29 is 4.74 Å². The van der Waals surface area contributed by atoms with Gasteiger partial charge < -0.3 is 10.1 Å². The van der Waals surface area contributed by atoms with E-state index in [1.807, 2.05) is 7.11 Å². The molecule has 0 radical (unpaired) electrons. The molecule has 0 aromatic heterocycles. The molecule has 2 saturated carbocycles. The number of hydrogen-bond donors (Lipinski definition) is 1. The number of ether oxygens (including phenoxy) is 1. The molecule has 1 N–H and O–H groups in total. The van der Waals surface area contributed by atoms with Crippen LogP contribution < -0.4 is 5.32 Å². The van der Waals surface area contributed by atoms with E-state index < -0.39 is 0 Å². The first-order valence-electron chi connectivity index (χ1n) is 8.58. The molecule has 2 nitrogen and oxygen atoms in total. The maximum Gasteiger partial charge on any atom is 0.0833 e. The molecular formula is C19H29NO. The molecule has 1 aromatic rings. The van der Waals surface area contributed by atoms with Crippen molar-refractivity contribution in [3.8, 4) is 0 Å². The van der Waals surface area contributed by atoms with Gasteiger partial charge in [-0.25, -0.2) is 0 Å². The molecule has 116 valence electrons. The van der Waals surface area contributed by atoms with Gasteiger partial charge in [0.15, 0.2) is 0 Å². The van der Waals surface area contributed by atoms with E-state index in [1.165, 1.54) is 50.5 Å². The first-order valence-corrected chi connectivity index (χ1v) is 8.58. The maximum atomic E-state index is 6.13. The fourth-order valence-corrected chi connectivity index (χ4v) is 4.50. The summed E-state index contributed by atoms with van der Waals surface area (Å²) in [6.45, 7) is 0. The molecule has 3 unspecified atom stereocenters. The number of benzene rings is 1. The molecule has 0 spiro atoms. The predicted molar refractivity (Wildman–Crippen MR) is 87.6 cm³/mol. The van der Waals surface area contributed by atoms with Gasteiger partial charge in [-0.15, -0.1) is 0 Å². The predicted octanol–water partition coefficient (Wildman–Crippen LogP) is 4.12. The summed E-state index contributed by atoms with van der Waals surface area (Å²) in [5.41, 5.74) is 1.56. The molecule has 0 amide bonds. The molecular weight excluding hydrogens is 258 g/mol. The summed E-state index contributed by atoms with van der Waals surface area (Å²) in [6, 6.07) is 11.5. The topological polar surface area (TPSA) is 21.3 Å². The highest BCUT2D eigenvalue weighted by Gasteiger charge is 2.52. The van der Waals surface area contributed by atoms with Crippen LogP contribution in [0.3, 0.4) is 0 Å². The van der Waals surface area contributed by atoms with Gasteiger partial charge >= 0.3 is 0 Å². The molecule has 0 aliphatic heterocycles. The maximum absolute atomic E-state index is 6.13. The summed E-state index contributed by atoms with van der Waals surface area (Å²) in [5.74, 6) is 1.45. The van der Waals surface area contributed by atoms with Crippen molar-refractivity contribution in [3.05, 3.63) is 35.9 Å². The first-order chi connectivity index (χ1) is 10.3. The Morgan fingerprint density at radius 3 is 2.33 bits per heavy atom. The van der Waals surface area contributed by atoms with Crippen molar-refractivity contribution in [2.45, 2.75) is 62.5 Å². The Bertz CT molecular complexity index is 436. The van der Waals surface area contributed by atoms with E-state index >= 15 is 0 Å². The zero-order valence-electron chi connectivity index (χ0n) is 13.5. The monoisotopic (exact) mass is 287 g/mol. The van der Waals surface area contributed by atoms with Gasteiger partial charge in [-0.1, -0.05) is 56.0 Å². The third kappa shape index (κ3) is 3.02. The molecule has 0 bridgehead atoms. The van der Waals surface area contributed by atoms with Gasteiger partial charge in [0.2, 0.25) is 0 Å². The molecule has 21 heavy (non-hydrogen) atoms. The van der Waals surface area contributed by atoms with Crippen molar-refractivity contribution in [1.82, 2.24) is 5.32 Å². The van der Waals surface area contributed by atoms with Crippen LogP contribution in [-0.4, -0.2) is 25.8 Å². The number of rotatable bonds is 5. The van der Waals surface area contributed by atoms with Gasteiger partial charge in [-0.05, 0) is 43.7 Å². The van der Waals surface area contributed by atoms with Crippen LogP contribution in [0, 0.1) is 5.92 Å². The van der Waals surface area contributed by atoms with Crippen molar-refractivity contribution in [2.75, 3.05) is 14.2 Å². The van der Waals surface area contributed by atoms with Gasteiger partial charge in [0.25, 0.3) is 0 Å². The van der Waals surface area contributed by atoms with Gasteiger partial charge in [-0.2, -0.15) is 0 Å². The normalized spacial score (nSPS) is 29.6. The van der Waals surface area contributed by atoms with Crippen LogP contribution in [0.5, 0.6) is 0 Å². The molecule has 2 heteroatoms. The Morgan fingerprint density at radius 1 is 1.10 bits per heavy atom. The van der Waals surface area contributed by atoms with Crippen LogP contribution in [-0.2, 0) is 4.74 Å². The summed E-state index contributed by atoms with van der Waals surface area (Å²) >= 11 is 0.